The van der Waals surface area contributed by atoms with Crippen molar-refractivity contribution in [3.05, 3.63) is 34.3 Å². The van der Waals surface area contributed by atoms with Gasteiger partial charge in [-0.15, -0.1) is 10.2 Å². The summed E-state index contributed by atoms with van der Waals surface area (Å²) in [5, 5.41) is 11.2. The Morgan fingerprint density at radius 3 is 2.72 bits per heavy atom. The van der Waals surface area contributed by atoms with Crippen molar-refractivity contribution >= 4 is 56.0 Å². The summed E-state index contributed by atoms with van der Waals surface area (Å²) >= 11 is 5.99. The van der Waals surface area contributed by atoms with Crippen molar-refractivity contribution in [1.82, 2.24) is 15.1 Å². The van der Waals surface area contributed by atoms with Gasteiger partial charge in [-0.05, 0) is 47.3 Å². The number of piperidine rings is 1. The Bertz CT molecular complexity index is 762. The zero-order valence-corrected chi connectivity index (χ0v) is 16.6. The maximum atomic E-state index is 12.2. The van der Waals surface area contributed by atoms with E-state index in [1.807, 2.05) is 17.0 Å². The van der Waals surface area contributed by atoms with Gasteiger partial charge in [-0.2, -0.15) is 0 Å². The molecule has 1 N–H and O–H groups in total. The molecule has 3 rings (SSSR count). The average molecular weight is 441 g/mol. The second-order valence-electron chi connectivity index (χ2n) is 5.54. The Morgan fingerprint density at radius 1 is 1.20 bits per heavy atom. The average Bonchev–Trinajstić information content (AvgIpc) is 3.08. The summed E-state index contributed by atoms with van der Waals surface area (Å²) in [6, 6.07) is 7.18. The quantitative estimate of drug-likeness (QED) is 0.566. The van der Waals surface area contributed by atoms with Crippen LogP contribution < -0.4 is 5.32 Å². The number of carbonyl (C=O) groups is 2. The molecule has 1 aromatic heterocycles. The SMILES string of the molecule is O=C(Nc1nnc(SCC(=O)N2CCCCC2)s1)c1ccccc1Br. The molecular formula is C16H17BrN4O2S2. The summed E-state index contributed by atoms with van der Waals surface area (Å²) in [6.45, 7) is 1.70. The van der Waals surface area contributed by atoms with E-state index in [1.165, 1.54) is 29.5 Å². The number of nitrogens with zero attached hydrogens (tertiary/aromatic N) is 3. The highest BCUT2D eigenvalue weighted by Gasteiger charge is 2.18. The topological polar surface area (TPSA) is 75.2 Å². The van der Waals surface area contributed by atoms with Gasteiger partial charge in [-0.3, -0.25) is 14.9 Å². The van der Waals surface area contributed by atoms with Crippen molar-refractivity contribution in [2.45, 2.75) is 23.6 Å². The number of hydrogen-bond donors (Lipinski definition) is 1. The highest BCUT2D eigenvalue weighted by atomic mass is 79.9. The van der Waals surface area contributed by atoms with E-state index < -0.39 is 0 Å². The molecule has 1 fully saturated rings. The van der Waals surface area contributed by atoms with Gasteiger partial charge in [0.25, 0.3) is 5.91 Å². The first-order chi connectivity index (χ1) is 12.1. The molecule has 6 nitrogen and oxygen atoms in total. The normalized spacial score (nSPS) is 14.4. The predicted octanol–water partition coefficient (Wildman–Crippen LogP) is 3.66. The molecule has 2 aromatic rings. The Hall–Kier alpha value is -1.45. The van der Waals surface area contributed by atoms with E-state index in [9.17, 15) is 9.59 Å². The van der Waals surface area contributed by atoms with Crippen LogP contribution >= 0.6 is 39.0 Å². The Kier molecular flexibility index (Phi) is 6.44. The molecule has 1 aliphatic rings. The lowest BCUT2D eigenvalue weighted by Crippen LogP contribution is -2.36. The van der Waals surface area contributed by atoms with Crippen molar-refractivity contribution in [3.63, 3.8) is 0 Å². The van der Waals surface area contributed by atoms with Gasteiger partial charge in [0.15, 0.2) is 4.34 Å². The van der Waals surface area contributed by atoms with Gasteiger partial charge in [-0.1, -0.05) is 35.2 Å². The van der Waals surface area contributed by atoms with Crippen LogP contribution in [0.4, 0.5) is 5.13 Å². The summed E-state index contributed by atoms with van der Waals surface area (Å²) in [4.78, 5) is 26.3. The van der Waals surface area contributed by atoms with Crippen molar-refractivity contribution in [2.24, 2.45) is 0 Å². The lowest BCUT2D eigenvalue weighted by molar-refractivity contribution is -0.129. The lowest BCUT2D eigenvalue weighted by atomic mass is 10.1. The number of likely N-dealkylation sites (tertiary alicyclic amines) is 1. The molecule has 0 atom stereocenters. The first-order valence-electron chi connectivity index (χ1n) is 7.93. The molecule has 0 saturated carbocycles. The molecule has 1 aromatic carbocycles. The highest BCUT2D eigenvalue weighted by Crippen LogP contribution is 2.27. The smallest absolute Gasteiger partial charge is 0.258 e. The molecular weight excluding hydrogens is 424 g/mol. The minimum atomic E-state index is -0.246. The predicted molar refractivity (Wildman–Crippen MR) is 103 cm³/mol. The maximum Gasteiger partial charge on any atom is 0.258 e. The molecule has 0 unspecified atom stereocenters. The molecule has 25 heavy (non-hydrogen) atoms. The van der Waals surface area contributed by atoms with Crippen molar-refractivity contribution in [1.29, 1.82) is 0 Å². The van der Waals surface area contributed by atoms with Crippen LogP contribution in [-0.4, -0.2) is 45.8 Å². The van der Waals surface area contributed by atoms with Crippen LogP contribution in [0.25, 0.3) is 0 Å². The summed E-state index contributed by atoms with van der Waals surface area (Å²) in [7, 11) is 0. The summed E-state index contributed by atoms with van der Waals surface area (Å²) in [5.74, 6) is 0.246. The van der Waals surface area contributed by atoms with Gasteiger partial charge in [0, 0.05) is 17.6 Å². The van der Waals surface area contributed by atoms with Gasteiger partial charge >= 0.3 is 0 Å². The summed E-state index contributed by atoms with van der Waals surface area (Å²) in [6.07, 6.45) is 3.37. The van der Waals surface area contributed by atoms with Gasteiger partial charge in [0.05, 0.1) is 11.3 Å². The number of amides is 2. The molecule has 132 valence electrons. The van der Waals surface area contributed by atoms with E-state index in [0.29, 0.717) is 20.8 Å². The second kappa shape index (κ2) is 8.77. The number of rotatable bonds is 5. The number of nitrogens with one attached hydrogen (secondary N) is 1. The zero-order valence-electron chi connectivity index (χ0n) is 13.4. The number of thioether (sulfide) groups is 1. The van der Waals surface area contributed by atoms with Crippen LogP contribution in [0.5, 0.6) is 0 Å². The molecule has 0 aliphatic carbocycles. The molecule has 0 spiro atoms. The molecule has 1 saturated heterocycles. The van der Waals surface area contributed by atoms with Crippen molar-refractivity contribution in [3.8, 4) is 0 Å². The molecule has 9 heteroatoms. The number of anilines is 1. The first kappa shape index (κ1) is 18.3. The van der Waals surface area contributed by atoms with E-state index >= 15 is 0 Å². The Balaban J connectivity index is 1.53. The van der Waals surface area contributed by atoms with Crippen LogP contribution in [0.2, 0.25) is 0 Å². The summed E-state index contributed by atoms with van der Waals surface area (Å²) < 4.78 is 1.39. The van der Waals surface area contributed by atoms with Gasteiger partial charge < -0.3 is 4.90 Å². The van der Waals surface area contributed by atoms with Crippen LogP contribution in [-0.2, 0) is 4.79 Å². The Labute approximate surface area is 162 Å². The third kappa shape index (κ3) is 5.02. The second-order valence-corrected chi connectivity index (χ2v) is 8.59. The van der Waals surface area contributed by atoms with E-state index in [4.69, 9.17) is 0 Å². The molecule has 2 amide bonds. The largest absolute Gasteiger partial charge is 0.342 e. The molecule has 2 heterocycles. The van der Waals surface area contributed by atoms with Gasteiger partial charge in [-0.25, -0.2) is 0 Å². The van der Waals surface area contributed by atoms with Crippen LogP contribution in [0.15, 0.2) is 33.1 Å². The van der Waals surface area contributed by atoms with Gasteiger partial charge in [0.1, 0.15) is 0 Å². The number of hydrogen-bond acceptors (Lipinski definition) is 6. The number of benzene rings is 1. The molecule has 1 aliphatic heterocycles. The van der Waals surface area contributed by atoms with Crippen molar-refractivity contribution in [2.75, 3.05) is 24.2 Å². The Morgan fingerprint density at radius 2 is 1.96 bits per heavy atom. The van der Waals surface area contributed by atoms with E-state index in [-0.39, 0.29) is 11.8 Å². The minimum Gasteiger partial charge on any atom is -0.342 e. The minimum absolute atomic E-state index is 0.138. The summed E-state index contributed by atoms with van der Waals surface area (Å²) in [5.41, 5.74) is 0.534. The standard InChI is InChI=1S/C16H17BrN4O2S2/c17-12-7-3-2-6-11(12)14(23)18-15-19-20-16(25-15)24-10-13(22)21-8-4-1-5-9-21/h2-3,6-7H,1,4-5,8-10H2,(H,18,19,23). The monoisotopic (exact) mass is 440 g/mol. The van der Waals surface area contributed by atoms with E-state index in [2.05, 4.69) is 31.4 Å². The lowest BCUT2D eigenvalue weighted by Gasteiger charge is -2.26. The molecule has 0 radical (unpaired) electrons. The molecule has 0 bridgehead atoms. The highest BCUT2D eigenvalue weighted by molar-refractivity contribution is 9.10. The maximum absolute atomic E-state index is 12.2. The van der Waals surface area contributed by atoms with E-state index in [0.717, 1.165) is 30.4 Å². The van der Waals surface area contributed by atoms with Crippen LogP contribution in [0.3, 0.4) is 0 Å². The van der Waals surface area contributed by atoms with E-state index in [1.54, 1.807) is 12.1 Å². The third-order valence-corrected chi connectivity index (χ3v) is 6.42. The zero-order chi connectivity index (χ0) is 17.6. The fraction of sp³-hybridized carbons (Fsp3) is 0.375. The van der Waals surface area contributed by atoms with Crippen LogP contribution in [0, 0.1) is 0 Å². The van der Waals surface area contributed by atoms with Crippen LogP contribution in [0.1, 0.15) is 29.6 Å². The number of aromatic nitrogens is 2. The fourth-order valence-electron chi connectivity index (χ4n) is 2.49. The number of halogens is 1. The fourth-order valence-corrected chi connectivity index (χ4v) is 4.60. The van der Waals surface area contributed by atoms with Crippen molar-refractivity contribution < 1.29 is 9.59 Å². The third-order valence-electron chi connectivity index (χ3n) is 3.77. The first-order valence-corrected chi connectivity index (χ1v) is 10.5. The van der Waals surface area contributed by atoms with Gasteiger partial charge in [0.2, 0.25) is 11.0 Å². The number of carbonyl (C=O) groups excluding carboxylic acids is 2.